The van der Waals surface area contributed by atoms with Gasteiger partial charge in [-0.15, -0.1) is 5.10 Å². The summed E-state index contributed by atoms with van der Waals surface area (Å²) in [7, 11) is 0. The first-order chi connectivity index (χ1) is 11.0. The molecule has 0 atom stereocenters. The molecule has 1 aromatic carbocycles. The molecule has 5 nitrogen and oxygen atoms in total. The molecule has 0 amide bonds. The fourth-order valence-electron chi connectivity index (χ4n) is 2.24. The van der Waals surface area contributed by atoms with E-state index < -0.39 is 5.95 Å². The van der Waals surface area contributed by atoms with Gasteiger partial charge in [0.2, 0.25) is 5.95 Å². The minimum absolute atomic E-state index is 0.161. The zero-order valence-corrected chi connectivity index (χ0v) is 13.0. The Morgan fingerprint density at radius 3 is 2.83 bits per heavy atom. The van der Waals surface area contributed by atoms with E-state index >= 15 is 0 Å². The van der Waals surface area contributed by atoms with E-state index in [1.807, 2.05) is 6.07 Å². The van der Waals surface area contributed by atoms with Crippen LogP contribution in [-0.4, -0.2) is 25.8 Å². The Labute approximate surface area is 136 Å². The molecular weight excluding hydrogens is 319 g/mol. The lowest BCUT2D eigenvalue weighted by Crippen LogP contribution is -2.07. The maximum atomic E-state index is 12.9. The summed E-state index contributed by atoms with van der Waals surface area (Å²) in [5.41, 5.74) is 2.19. The molecule has 0 radical (unpaired) electrons. The largest absolute Gasteiger partial charge is 0.292 e. The van der Waals surface area contributed by atoms with Gasteiger partial charge in [0.25, 0.3) is 0 Å². The van der Waals surface area contributed by atoms with Crippen molar-refractivity contribution in [3.05, 3.63) is 70.5 Å². The SMILES string of the molecule is Cc1c(C(=O)Cc2cccc(Cl)c2)nnn1-c1ccc(F)nc1. The van der Waals surface area contributed by atoms with Crippen LogP contribution in [0, 0.1) is 12.9 Å². The molecule has 7 heteroatoms. The molecule has 2 aromatic heterocycles. The van der Waals surface area contributed by atoms with E-state index in [-0.39, 0.29) is 17.9 Å². The molecule has 0 saturated carbocycles. The van der Waals surface area contributed by atoms with Crippen molar-refractivity contribution in [2.75, 3.05) is 0 Å². The fraction of sp³-hybridized carbons (Fsp3) is 0.125. The molecule has 0 bridgehead atoms. The van der Waals surface area contributed by atoms with Gasteiger partial charge in [0.1, 0.15) is 0 Å². The number of benzene rings is 1. The third-order valence-electron chi connectivity index (χ3n) is 3.37. The highest BCUT2D eigenvalue weighted by atomic mass is 35.5. The molecule has 2 heterocycles. The average Bonchev–Trinajstić information content (AvgIpc) is 2.90. The first-order valence-electron chi connectivity index (χ1n) is 6.86. The average molecular weight is 331 g/mol. The zero-order chi connectivity index (χ0) is 16.4. The number of rotatable bonds is 4. The number of Topliss-reactive ketones (excluding diaryl/α,β-unsaturated/α-hetero) is 1. The molecule has 0 N–H and O–H groups in total. The van der Waals surface area contributed by atoms with Crippen LogP contribution >= 0.6 is 11.6 Å². The predicted molar refractivity (Wildman–Crippen MR) is 83.3 cm³/mol. The third kappa shape index (κ3) is 3.27. The molecule has 116 valence electrons. The number of pyridine rings is 1. The van der Waals surface area contributed by atoms with Crippen LogP contribution in [0.4, 0.5) is 4.39 Å². The number of ketones is 1. The van der Waals surface area contributed by atoms with Gasteiger partial charge in [-0.05, 0) is 36.8 Å². The fourth-order valence-corrected chi connectivity index (χ4v) is 2.45. The Bertz CT molecular complexity index is 861. The summed E-state index contributed by atoms with van der Waals surface area (Å²) < 4.78 is 14.3. The van der Waals surface area contributed by atoms with Gasteiger partial charge in [-0.1, -0.05) is 28.9 Å². The molecule has 0 unspecified atom stereocenters. The van der Waals surface area contributed by atoms with Crippen LogP contribution in [0.3, 0.4) is 0 Å². The molecule has 3 aromatic rings. The van der Waals surface area contributed by atoms with Crippen molar-refractivity contribution < 1.29 is 9.18 Å². The minimum atomic E-state index is -0.580. The van der Waals surface area contributed by atoms with Crippen molar-refractivity contribution in [3.63, 3.8) is 0 Å². The van der Waals surface area contributed by atoms with Crippen LogP contribution < -0.4 is 0 Å². The highest BCUT2D eigenvalue weighted by Gasteiger charge is 2.18. The second kappa shape index (κ2) is 6.26. The van der Waals surface area contributed by atoms with Gasteiger partial charge in [-0.2, -0.15) is 4.39 Å². The van der Waals surface area contributed by atoms with Crippen LogP contribution in [0.1, 0.15) is 21.7 Å². The highest BCUT2D eigenvalue weighted by Crippen LogP contribution is 2.16. The van der Waals surface area contributed by atoms with Crippen molar-refractivity contribution in [2.24, 2.45) is 0 Å². The van der Waals surface area contributed by atoms with Gasteiger partial charge in [0, 0.05) is 11.4 Å². The second-order valence-electron chi connectivity index (χ2n) is 5.00. The van der Waals surface area contributed by atoms with E-state index in [9.17, 15) is 9.18 Å². The number of halogens is 2. The van der Waals surface area contributed by atoms with Crippen LogP contribution in [0.15, 0.2) is 42.6 Å². The summed E-state index contributed by atoms with van der Waals surface area (Å²) in [5.74, 6) is -0.741. The van der Waals surface area contributed by atoms with Crippen LogP contribution in [-0.2, 0) is 6.42 Å². The molecule has 3 rings (SSSR count). The first-order valence-corrected chi connectivity index (χ1v) is 7.24. The number of carbonyl (C=O) groups is 1. The summed E-state index contributed by atoms with van der Waals surface area (Å²) >= 11 is 5.92. The lowest BCUT2D eigenvalue weighted by molar-refractivity contribution is 0.0987. The number of nitrogens with zero attached hydrogens (tertiary/aromatic N) is 4. The Morgan fingerprint density at radius 1 is 1.30 bits per heavy atom. The molecule has 0 aliphatic carbocycles. The Hall–Kier alpha value is -2.60. The van der Waals surface area contributed by atoms with E-state index in [0.29, 0.717) is 16.4 Å². The third-order valence-corrected chi connectivity index (χ3v) is 3.60. The second-order valence-corrected chi connectivity index (χ2v) is 5.44. The molecule has 0 fully saturated rings. The van der Waals surface area contributed by atoms with Gasteiger partial charge in [0.05, 0.1) is 17.6 Å². The first kappa shape index (κ1) is 15.3. The molecule has 23 heavy (non-hydrogen) atoms. The quantitative estimate of drug-likeness (QED) is 0.544. The van der Waals surface area contributed by atoms with Gasteiger partial charge in [-0.3, -0.25) is 4.79 Å². The lowest BCUT2D eigenvalue weighted by Gasteiger charge is -2.03. The minimum Gasteiger partial charge on any atom is -0.292 e. The number of hydrogen-bond acceptors (Lipinski definition) is 4. The van der Waals surface area contributed by atoms with Crippen molar-refractivity contribution in [2.45, 2.75) is 13.3 Å². The van der Waals surface area contributed by atoms with Gasteiger partial charge in [0.15, 0.2) is 11.5 Å². The van der Waals surface area contributed by atoms with Crippen molar-refractivity contribution >= 4 is 17.4 Å². The standard InChI is InChI=1S/C16H12ClFN4O/c1-10-16(14(23)8-11-3-2-4-12(17)7-11)20-21-22(10)13-5-6-15(18)19-9-13/h2-7,9H,8H2,1H3. The van der Waals surface area contributed by atoms with E-state index in [1.165, 1.54) is 23.0 Å². The molecule has 0 saturated heterocycles. The summed E-state index contributed by atoms with van der Waals surface area (Å²) in [6.07, 6.45) is 1.52. The predicted octanol–water partition coefficient (Wildman–Crippen LogP) is 3.19. The van der Waals surface area contributed by atoms with Crippen LogP contribution in [0.5, 0.6) is 0 Å². The summed E-state index contributed by atoms with van der Waals surface area (Å²) in [6, 6.07) is 9.85. The van der Waals surface area contributed by atoms with Crippen LogP contribution in [0.2, 0.25) is 5.02 Å². The van der Waals surface area contributed by atoms with Crippen molar-refractivity contribution in [3.8, 4) is 5.69 Å². The van der Waals surface area contributed by atoms with E-state index in [4.69, 9.17) is 11.6 Å². The molecule has 0 aliphatic rings. The normalized spacial score (nSPS) is 10.7. The lowest BCUT2D eigenvalue weighted by atomic mass is 10.1. The zero-order valence-electron chi connectivity index (χ0n) is 12.2. The molecular formula is C16H12ClFN4O. The maximum Gasteiger partial charge on any atom is 0.212 e. The summed E-state index contributed by atoms with van der Waals surface area (Å²) in [5, 5.41) is 8.47. The number of carbonyl (C=O) groups excluding carboxylic acids is 1. The summed E-state index contributed by atoms with van der Waals surface area (Å²) in [6.45, 7) is 1.73. The van der Waals surface area contributed by atoms with E-state index in [1.54, 1.807) is 25.1 Å². The van der Waals surface area contributed by atoms with Gasteiger partial charge in [-0.25, -0.2) is 9.67 Å². The monoisotopic (exact) mass is 330 g/mol. The van der Waals surface area contributed by atoms with Crippen LogP contribution in [0.25, 0.3) is 5.69 Å². The smallest absolute Gasteiger partial charge is 0.212 e. The van der Waals surface area contributed by atoms with Crippen molar-refractivity contribution in [1.29, 1.82) is 0 Å². The van der Waals surface area contributed by atoms with E-state index in [0.717, 1.165) is 5.56 Å². The van der Waals surface area contributed by atoms with Crippen molar-refractivity contribution in [1.82, 2.24) is 20.0 Å². The molecule has 0 spiro atoms. The number of hydrogen-bond donors (Lipinski definition) is 0. The number of aromatic nitrogens is 4. The maximum absolute atomic E-state index is 12.9. The van der Waals surface area contributed by atoms with E-state index in [2.05, 4.69) is 15.3 Å². The Morgan fingerprint density at radius 2 is 2.13 bits per heavy atom. The van der Waals surface area contributed by atoms with Gasteiger partial charge < -0.3 is 0 Å². The highest BCUT2D eigenvalue weighted by molar-refractivity contribution is 6.30. The Balaban J connectivity index is 1.86. The molecule has 0 aliphatic heterocycles. The topological polar surface area (TPSA) is 60.7 Å². The Kier molecular flexibility index (Phi) is 4.16. The van der Waals surface area contributed by atoms with Gasteiger partial charge >= 0.3 is 0 Å². The summed E-state index contributed by atoms with van der Waals surface area (Å²) in [4.78, 5) is 16.0.